The van der Waals surface area contributed by atoms with Crippen LogP contribution in [0.15, 0.2) is 0 Å². The summed E-state index contributed by atoms with van der Waals surface area (Å²) in [5.74, 6) is -4.42. The number of hydrogen-bond donors (Lipinski definition) is 6. The summed E-state index contributed by atoms with van der Waals surface area (Å²) in [6.07, 6.45) is -7.05. The minimum atomic E-state index is -2.68. The Bertz CT molecular complexity index is 269. The standard InChI is InChI=1S/C8H14O8/c9-2-4(11)6-5(12)3(10)1-8(15,16-6)7(13)14/h3-6,9-12,15H,1-2H2,(H,13,14)/t3-,4?,5?,6?,8-/m1/s1. The lowest BCUT2D eigenvalue weighted by Gasteiger charge is -2.41. The molecule has 5 atom stereocenters. The van der Waals surface area contributed by atoms with E-state index >= 15 is 0 Å². The van der Waals surface area contributed by atoms with Gasteiger partial charge < -0.3 is 35.4 Å². The van der Waals surface area contributed by atoms with E-state index in [9.17, 15) is 25.2 Å². The number of aliphatic hydroxyl groups excluding tert-OH is 4. The molecule has 1 aliphatic heterocycles. The molecule has 0 aromatic rings. The third kappa shape index (κ3) is 2.32. The normalized spacial score (nSPS) is 41.7. The molecule has 1 heterocycles. The van der Waals surface area contributed by atoms with Gasteiger partial charge in [-0.25, -0.2) is 4.79 Å². The quantitative estimate of drug-likeness (QED) is 0.298. The molecule has 0 bridgehead atoms. The second-order valence-electron chi connectivity index (χ2n) is 3.68. The molecule has 0 saturated carbocycles. The minimum absolute atomic E-state index is 0.724. The smallest absolute Gasteiger partial charge is 0.364 e. The SMILES string of the molecule is O=C(O)[C@@]1(O)C[C@@H](O)C(O)C(C(O)CO)O1. The van der Waals surface area contributed by atoms with E-state index in [1.54, 1.807) is 0 Å². The van der Waals surface area contributed by atoms with E-state index in [1.165, 1.54) is 0 Å². The Morgan fingerprint density at radius 1 is 1.50 bits per heavy atom. The van der Waals surface area contributed by atoms with Gasteiger partial charge in [0.15, 0.2) is 0 Å². The Morgan fingerprint density at radius 3 is 2.50 bits per heavy atom. The van der Waals surface area contributed by atoms with Crippen molar-refractivity contribution in [1.82, 2.24) is 0 Å². The highest BCUT2D eigenvalue weighted by molar-refractivity contribution is 5.75. The molecule has 1 saturated heterocycles. The van der Waals surface area contributed by atoms with Crippen LogP contribution in [-0.4, -0.2) is 73.4 Å². The third-order valence-corrected chi connectivity index (χ3v) is 2.45. The first-order valence-corrected chi connectivity index (χ1v) is 4.60. The summed E-state index contributed by atoms with van der Waals surface area (Å²) in [5, 5.41) is 54.7. The summed E-state index contributed by atoms with van der Waals surface area (Å²) >= 11 is 0. The van der Waals surface area contributed by atoms with Crippen molar-refractivity contribution in [2.24, 2.45) is 0 Å². The molecule has 0 amide bonds. The average Bonchev–Trinajstić information content (AvgIpc) is 2.22. The van der Waals surface area contributed by atoms with E-state index in [-0.39, 0.29) is 0 Å². The molecule has 0 aromatic heterocycles. The van der Waals surface area contributed by atoms with Crippen molar-refractivity contribution in [3.05, 3.63) is 0 Å². The summed E-state index contributed by atoms with van der Waals surface area (Å²) in [6.45, 7) is -0.801. The largest absolute Gasteiger partial charge is 0.477 e. The predicted molar refractivity (Wildman–Crippen MR) is 47.2 cm³/mol. The topological polar surface area (TPSA) is 148 Å². The Balaban J connectivity index is 2.89. The molecule has 0 radical (unpaired) electrons. The summed E-state index contributed by atoms with van der Waals surface area (Å²) in [4.78, 5) is 10.7. The molecule has 16 heavy (non-hydrogen) atoms. The second kappa shape index (κ2) is 4.62. The van der Waals surface area contributed by atoms with Crippen molar-refractivity contribution < 1.29 is 40.2 Å². The zero-order valence-electron chi connectivity index (χ0n) is 8.22. The van der Waals surface area contributed by atoms with Gasteiger partial charge in [-0.15, -0.1) is 0 Å². The number of carboxylic acid groups (broad SMARTS) is 1. The van der Waals surface area contributed by atoms with Gasteiger partial charge in [0.2, 0.25) is 0 Å². The van der Waals surface area contributed by atoms with Crippen LogP contribution in [0, 0.1) is 0 Å². The van der Waals surface area contributed by atoms with Gasteiger partial charge in [-0.3, -0.25) is 0 Å². The molecule has 1 rings (SSSR count). The first kappa shape index (κ1) is 13.3. The highest BCUT2D eigenvalue weighted by Gasteiger charge is 2.52. The fourth-order valence-corrected chi connectivity index (χ4v) is 1.51. The summed E-state index contributed by atoms with van der Waals surface area (Å²) in [5.41, 5.74) is 0. The van der Waals surface area contributed by atoms with Crippen molar-refractivity contribution in [3.63, 3.8) is 0 Å². The number of carbonyl (C=O) groups is 1. The van der Waals surface area contributed by atoms with Gasteiger partial charge in [0, 0.05) is 6.42 Å². The molecule has 0 aliphatic carbocycles. The Kier molecular flexibility index (Phi) is 3.84. The van der Waals surface area contributed by atoms with Gasteiger partial charge in [-0.05, 0) is 0 Å². The van der Waals surface area contributed by atoms with Gasteiger partial charge in [-0.1, -0.05) is 0 Å². The highest BCUT2D eigenvalue weighted by atomic mass is 16.7. The van der Waals surface area contributed by atoms with Gasteiger partial charge in [0.05, 0.1) is 12.7 Å². The molecular weight excluding hydrogens is 224 g/mol. The summed E-state index contributed by atoms with van der Waals surface area (Å²) in [7, 11) is 0. The number of aliphatic carboxylic acids is 1. The predicted octanol–water partition coefficient (Wildman–Crippen LogP) is -3.38. The average molecular weight is 238 g/mol. The second-order valence-corrected chi connectivity index (χ2v) is 3.68. The molecule has 0 spiro atoms. The maximum absolute atomic E-state index is 10.7. The maximum atomic E-state index is 10.7. The van der Waals surface area contributed by atoms with Crippen LogP contribution in [0.4, 0.5) is 0 Å². The summed E-state index contributed by atoms with van der Waals surface area (Å²) < 4.78 is 4.61. The lowest BCUT2D eigenvalue weighted by Crippen LogP contribution is -2.61. The van der Waals surface area contributed by atoms with Crippen LogP contribution in [-0.2, 0) is 9.53 Å². The van der Waals surface area contributed by atoms with E-state index in [1.807, 2.05) is 0 Å². The Morgan fingerprint density at radius 2 is 2.06 bits per heavy atom. The van der Waals surface area contributed by atoms with Crippen LogP contribution in [0.1, 0.15) is 6.42 Å². The van der Waals surface area contributed by atoms with Crippen molar-refractivity contribution in [2.45, 2.75) is 36.6 Å². The van der Waals surface area contributed by atoms with E-state index in [0.717, 1.165) is 0 Å². The lowest BCUT2D eigenvalue weighted by atomic mass is 9.93. The third-order valence-electron chi connectivity index (χ3n) is 2.45. The Labute approximate surface area is 90.3 Å². The molecule has 3 unspecified atom stereocenters. The van der Waals surface area contributed by atoms with E-state index in [2.05, 4.69) is 4.74 Å². The van der Waals surface area contributed by atoms with Crippen molar-refractivity contribution >= 4 is 5.97 Å². The van der Waals surface area contributed by atoms with Crippen LogP contribution in [0.2, 0.25) is 0 Å². The fourth-order valence-electron chi connectivity index (χ4n) is 1.51. The lowest BCUT2D eigenvalue weighted by molar-refractivity contribution is -0.308. The number of hydrogen-bond acceptors (Lipinski definition) is 7. The van der Waals surface area contributed by atoms with E-state index in [0.29, 0.717) is 0 Å². The number of rotatable bonds is 3. The van der Waals surface area contributed by atoms with Gasteiger partial charge in [0.1, 0.15) is 18.3 Å². The van der Waals surface area contributed by atoms with Crippen molar-refractivity contribution in [1.29, 1.82) is 0 Å². The zero-order valence-corrected chi connectivity index (χ0v) is 8.22. The van der Waals surface area contributed by atoms with E-state index < -0.39 is 49.2 Å². The molecule has 1 fully saturated rings. The van der Waals surface area contributed by atoms with Gasteiger partial charge >= 0.3 is 5.97 Å². The number of carboxylic acids is 1. The molecule has 8 heteroatoms. The minimum Gasteiger partial charge on any atom is -0.477 e. The van der Waals surface area contributed by atoms with Crippen molar-refractivity contribution in [2.75, 3.05) is 6.61 Å². The van der Waals surface area contributed by atoms with Crippen molar-refractivity contribution in [3.8, 4) is 0 Å². The first-order valence-electron chi connectivity index (χ1n) is 4.60. The maximum Gasteiger partial charge on any atom is 0.364 e. The fraction of sp³-hybridized carbons (Fsp3) is 0.875. The molecule has 6 N–H and O–H groups in total. The van der Waals surface area contributed by atoms with Crippen LogP contribution < -0.4 is 0 Å². The number of aliphatic hydroxyl groups is 5. The first-order chi connectivity index (χ1) is 7.31. The highest BCUT2D eigenvalue weighted by Crippen LogP contribution is 2.29. The van der Waals surface area contributed by atoms with Crippen LogP contribution >= 0.6 is 0 Å². The monoisotopic (exact) mass is 238 g/mol. The Hall–Kier alpha value is -0.770. The van der Waals surface area contributed by atoms with Crippen LogP contribution in [0.25, 0.3) is 0 Å². The summed E-state index contributed by atoms with van der Waals surface area (Å²) in [6, 6.07) is 0. The zero-order chi connectivity index (χ0) is 12.5. The molecule has 8 nitrogen and oxygen atoms in total. The van der Waals surface area contributed by atoms with Gasteiger partial charge in [0.25, 0.3) is 5.79 Å². The molecule has 1 aliphatic rings. The van der Waals surface area contributed by atoms with Gasteiger partial charge in [-0.2, -0.15) is 0 Å². The van der Waals surface area contributed by atoms with E-state index in [4.69, 9.17) is 10.2 Å². The molecule has 0 aromatic carbocycles. The molecule has 94 valence electrons. The van der Waals surface area contributed by atoms with Crippen LogP contribution in [0.5, 0.6) is 0 Å². The number of ether oxygens (including phenoxy) is 1. The molecular formula is C8H14O8. The van der Waals surface area contributed by atoms with Crippen LogP contribution in [0.3, 0.4) is 0 Å².